The Morgan fingerprint density at radius 3 is 3.23 bits per heavy atom. The van der Waals surface area contributed by atoms with Crippen molar-refractivity contribution in [2.24, 2.45) is 0 Å². The molecule has 1 aliphatic heterocycles. The molecule has 0 aromatic heterocycles. The summed E-state index contributed by atoms with van der Waals surface area (Å²) in [4.78, 5) is 0. The average molecular weight is 239 g/mol. The molecule has 13 heavy (non-hydrogen) atoms. The van der Waals surface area contributed by atoms with Gasteiger partial charge in [0.25, 0.3) is 0 Å². The number of benzene rings is 1. The van der Waals surface area contributed by atoms with E-state index >= 15 is 0 Å². The summed E-state index contributed by atoms with van der Waals surface area (Å²) in [6, 6.07) is 7.73. The summed E-state index contributed by atoms with van der Waals surface area (Å²) >= 11 is 3.36. The third-order valence-corrected chi connectivity index (χ3v) is 2.33. The third kappa shape index (κ3) is 1.61. The smallest absolute Gasteiger partial charge is 0.201 e. The Morgan fingerprint density at radius 2 is 2.46 bits per heavy atom. The Bertz CT molecular complexity index is 372. The second-order valence-corrected chi connectivity index (χ2v) is 3.67. The van der Waals surface area contributed by atoms with E-state index in [1.807, 2.05) is 18.2 Å². The van der Waals surface area contributed by atoms with Gasteiger partial charge in [0, 0.05) is 4.47 Å². The van der Waals surface area contributed by atoms with Gasteiger partial charge in [-0.05, 0) is 18.2 Å². The Morgan fingerprint density at radius 1 is 1.62 bits per heavy atom. The van der Waals surface area contributed by atoms with E-state index in [1.54, 1.807) is 0 Å². The highest BCUT2D eigenvalue weighted by molar-refractivity contribution is 9.10. The van der Waals surface area contributed by atoms with Gasteiger partial charge >= 0.3 is 0 Å². The van der Waals surface area contributed by atoms with E-state index in [0.29, 0.717) is 6.54 Å². The van der Waals surface area contributed by atoms with Gasteiger partial charge in [-0.15, -0.1) is 0 Å². The summed E-state index contributed by atoms with van der Waals surface area (Å²) in [5.41, 5.74) is 0.931. The highest BCUT2D eigenvalue weighted by Crippen LogP contribution is 2.31. The van der Waals surface area contributed by atoms with Gasteiger partial charge in [0.1, 0.15) is 11.8 Å². The van der Waals surface area contributed by atoms with E-state index < -0.39 is 0 Å². The van der Waals surface area contributed by atoms with Crippen LogP contribution in [-0.2, 0) is 0 Å². The molecular weight excluding hydrogens is 232 g/mol. The normalized spacial score (nSPS) is 19.2. The van der Waals surface area contributed by atoms with Gasteiger partial charge in [-0.25, -0.2) is 0 Å². The maximum absolute atomic E-state index is 8.65. The van der Waals surface area contributed by atoms with Crippen molar-refractivity contribution >= 4 is 21.6 Å². The molecule has 1 aromatic rings. The van der Waals surface area contributed by atoms with Crippen LogP contribution in [0.4, 0.5) is 5.69 Å². The minimum Gasteiger partial charge on any atom is -0.472 e. The SMILES string of the molecule is N#CC1CNc2cc(Br)ccc2O1. The summed E-state index contributed by atoms with van der Waals surface area (Å²) in [6.45, 7) is 0.542. The first-order valence-electron chi connectivity index (χ1n) is 3.89. The standard InChI is InChI=1S/C9H7BrN2O/c10-6-1-2-9-8(3-6)12-5-7(4-11)13-9/h1-3,7,12H,5H2. The zero-order valence-corrected chi connectivity index (χ0v) is 8.34. The number of hydrogen-bond acceptors (Lipinski definition) is 3. The van der Waals surface area contributed by atoms with Crippen LogP contribution in [0.15, 0.2) is 22.7 Å². The Labute approximate surface area is 84.4 Å². The second kappa shape index (κ2) is 3.27. The van der Waals surface area contributed by atoms with Crippen LogP contribution < -0.4 is 10.1 Å². The molecule has 1 atom stereocenters. The number of nitrogens with zero attached hydrogens (tertiary/aromatic N) is 1. The van der Waals surface area contributed by atoms with Crippen molar-refractivity contribution in [1.29, 1.82) is 5.26 Å². The summed E-state index contributed by atoms with van der Waals surface area (Å²) in [7, 11) is 0. The van der Waals surface area contributed by atoms with Gasteiger partial charge in [0.2, 0.25) is 6.10 Å². The van der Waals surface area contributed by atoms with Crippen LogP contribution in [0.1, 0.15) is 0 Å². The van der Waals surface area contributed by atoms with Crippen molar-refractivity contribution in [3.63, 3.8) is 0 Å². The molecule has 1 unspecified atom stereocenters. The van der Waals surface area contributed by atoms with Crippen molar-refractivity contribution in [3.05, 3.63) is 22.7 Å². The van der Waals surface area contributed by atoms with E-state index in [9.17, 15) is 0 Å². The van der Waals surface area contributed by atoms with Gasteiger partial charge in [0.15, 0.2) is 0 Å². The molecule has 1 heterocycles. The Balaban J connectivity index is 2.32. The number of ether oxygens (including phenoxy) is 1. The molecule has 0 bridgehead atoms. The van der Waals surface area contributed by atoms with E-state index in [4.69, 9.17) is 10.00 Å². The third-order valence-electron chi connectivity index (χ3n) is 1.83. The number of halogens is 1. The summed E-state index contributed by atoms with van der Waals surface area (Å²) < 4.78 is 6.39. The zero-order valence-electron chi connectivity index (χ0n) is 6.75. The average Bonchev–Trinajstić information content (AvgIpc) is 2.17. The summed E-state index contributed by atoms with van der Waals surface area (Å²) in [6.07, 6.45) is -0.381. The molecule has 2 rings (SSSR count). The van der Waals surface area contributed by atoms with Crippen molar-refractivity contribution in [3.8, 4) is 11.8 Å². The van der Waals surface area contributed by atoms with Crippen LogP contribution >= 0.6 is 15.9 Å². The maximum Gasteiger partial charge on any atom is 0.201 e. The second-order valence-electron chi connectivity index (χ2n) is 2.76. The van der Waals surface area contributed by atoms with Gasteiger partial charge < -0.3 is 10.1 Å². The fourth-order valence-electron chi connectivity index (χ4n) is 1.21. The predicted octanol–water partition coefficient (Wildman–Crippen LogP) is 2.15. The van der Waals surface area contributed by atoms with Crippen LogP contribution in [0, 0.1) is 11.3 Å². The number of hydrogen-bond donors (Lipinski definition) is 1. The molecule has 1 aliphatic rings. The van der Waals surface area contributed by atoms with Gasteiger partial charge in [-0.3, -0.25) is 0 Å². The highest BCUT2D eigenvalue weighted by Gasteiger charge is 2.17. The maximum atomic E-state index is 8.65. The number of fused-ring (bicyclic) bond motifs is 1. The molecule has 0 fully saturated rings. The number of nitrogens with one attached hydrogen (secondary N) is 1. The molecule has 66 valence electrons. The van der Waals surface area contributed by atoms with Crippen LogP contribution in [0.25, 0.3) is 0 Å². The minimum atomic E-state index is -0.381. The van der Waals surface area contributed by atoms with E-state index in [0.717, 1.165) is 15.9 Å². The molecular formula is C9H7BrN2O. The topological polar surface area (TPSA) is 45.0 Å². The lowest BCUT2D eigenvalue weighted by Gasteiger charge is -2.22. The molecule has 0 saturated heterocycles. The van der Waals surface area contributed by atoms with Crippen molar-refractivity contribution in [1.82, 2.24) is 0 Å². The van der Waals surface area contributed by atoms with E-state index in [1.165, 1.54) is 0 Å². The molecule has 1 aromatic carbocycles. The number of anilines is 1. The molecule has 0 spiro atoms. The molecule has 3 nitrogen and oxygen atoms in total. The summed E-state index contributed by atoms with van der Waals surface area (Å²) in [5.74, 6) is 0.737. The van der Waals surface area contributed by atoms with E-state index in [2.05, 4.69) is 27.3 Å². The number of rotatable bonds is 0. The first kappa shape index (κ1) is 8.39. The largest absolute Gasteiger partial charge is 0.472 e. The Kier molecular flexibility index (Phi) is 2.11. The first-order chi connectivity index (χ1) is 6.29. The zero-order chi connectivity index (χ0) is 9.26. The fourth-order valence-corrected chi connectivity index (χ4v) is 1.57. The minimum absolute atomic E-state index is 0.381. The predicted molar refractivity (Wildman–Crippen MR) is 52.7 cm³/mol. The molecule has 0 amide bonds. The lowest BCUT2D eigenvalue weighted by atomic mass is 10.2. The van der Waals surface area contributed by atoms with Gasteiger partial charge in [-0.1, -0.05) is 15.9 Å². The van der Waals surface area contributed by atoms with Crippen LogP contribution in [0.5, 0.6) is 5.75 Å². The monoisotopic (exact) mass is 238 g/mol. The lowest BCUT2D eigenvalue weighted by Crippen LogP contribution is -2.29. The lowest BCUT2D eigenvalue weighted by molar-refractivity contribution is 0.259. The van der Waals surface area contributed by atoms with Crippen molar-refractivity contribution in [2.45, 2.75) is 6.10 Å². The van der Waals surface area contributed by atoms with Crippen LogP contribution in [0.3, 0.4) is 0 Å². The number of nitriles is 1. The van der Waals surface area contributed by atoms with Crippen LogP contribution in [-0.4, -0.2) is 12.6 Å². The quantitative estimate of drug-likeness (QED) is 0.754. The molecule has 0 radical (unpaired) electrons. The first-order valence-corrected chi connectivity index (χ1v) is 4.68. The van der Waals surface area contributed by atoms with Crippen LogP contribution in [0.2, 0.25) is 0 Å². The van der Waals surface area contributed by atoms with E-state index in [-0.39, 0.29) is 6.10 Å². The molecule has 4 heteroatoms. The van der Waals surface area contributed by atoms with Crippen molar-refractivity contribution in [2.75, 3.05) is 11.9 Å². The van der Waals surface area contributed by atoms with Crippen molar-refractivity contribution < 1.29 is 4.74 Å². The highest BCUT2D eigenvalue weighted by atomic mass is 79.9. The van der Waals surface area contributed by atoms with Gasteiger partial charge in [-0.2, -0.15) is 5.26 Å². The molecule has 0 aliphatic carbocycles. The molecule has 0 saturated carbocycles. The summed E-state index contributed by atoms with van der Waals surface area (Å²) in [5, 5.41) is 11.8. The molecule has 1 N–H and O–H groups in total. The fraction of sp³-hybridized carbons (Fsp3) is 0.222. The Hall–Kier alpha value is -1.21. The van der Waals surface area contributed by atoms with Gasteiger partial charge in [0.05, 0.1) is 12.2 Å².